The molecule has 3 rings (SSSR count). The van der Waals surface area contributed by atoms with Crippen molar-refractivity contribution in [3.05, 3.63) is 65.2 Å². The van der Waals surface area contributed by atoms with Gasteiger partial charge in [0.05, 0.1) is 24.9 Å². The van der Waals surface area contributed by atoms with E-state index in [1.165, 1.54) is 6.07 Å². The summed E-state index contributed by atoms with van der Waals surface area (Å²) in [7, 11) is 0. The number of nitrogens with one attached hydrogen (secondary N) is 2. The summed E-state index contributed by atoms with van der Waals surface area (Å²) in [5.41, 5.74) is -0.0550. The van der Waals surface area contributed by atoms with Crippen LogP contribution in [0.1, 0.15) is 42.4 Å². The number of halogens is 3. The maximum atomic E-state index is 13.1. The van der Waals surface area contributed by atoms with Crippen LogP contribution in [0.5, 0.6) is 0 Å². The lowest BCUT2D eigenvalue weighted by Crippen LogP contribution is -2.41. The maximum Gasteiger partial charge on any atom is 0.416 e. The fourth-order valence-corrected chi connectivity index (χ4v) is 3.57. The molecule has 1 aliphatic rings. The lowest BCUT2D eigenvalue weighted by molar-refractivity contribution is -0.138. The summed E-state index contributed by atoms with van der Waals surface area (Å²) in [6.07, 6.45) is -1.38. The molecule has 0 saturated heterocycles. The zero-order valence-electron chi connectivity index (χ0n) is 16.4. The number of aliphatic hydroxyl groups is 1. The van der Waals surface area contributed by atoms with E-state index in [0.717, 1.165) is 43.4 Å². The van der Waals surface area contributed by atoms with Crippen LogP contribution in [0.4, 0.5) is 23.7 Å². The molecular weight excluding hydrogens is 397 g/mol. The number of aliphatic hydroxyl groups excluding tert-OH is 1. The monoisotopic (exact) mass is 422 g/mol. The number of carbonyl (C=O) groups excluding carboxylic acids is 1. The largest absolute Gasteiger partial charge is 0.416 e. The van der Waals surface area contributed by atoms with E-state index in [2.05, 4.69) is 10.6 Å². The molecule has 0 aliphatic heterocycles. The van der Waals surface area contributed by atoms with Gasteiger partial charge in [-0.25, -0.2) is 4.79 Å². The minimum Gasteiger partial charge on any atom is -0.392 e. The van der Waals surface area contributed by atoms with Gasteiger partial charge in [-0.1, -0.05) is 36.4 Å². The van der Waals surface area contributed by atoms with Crippen LogP contribution >= 0.6 is 0 Å². The molecule has 1 saturated carbocycles. The van der Waals surface area contributed by atoms with Crippen molar-refractivity contribution in [2.75, 3.05) is 5.32 Å². The van der Waals surface area contributed by atoms with Crippen molar-refractivity contribution in [3.63, 3.8) is 0 Å². The first-order valence-electron chi connectivity index (χ1n) is 9.89. The van der Waals surface area contributed by atoms with Gasteiger partial charge in [0, 0.05) is 11.7 Å². The molecule has 2 aromatic rings. The number of hydrogen-bond donors (Lipinski definition) is 3. The highest BCUT2D eigenvalue weighted by Crippen LogP contribution is 2.34. The highest BCUT2D eigenvalue weighted by Gasteiger charge is 2.33. The Balaban J connectivity index is 1.46. The molecule has 5 nitrogen and oxygen atoms in total. The zero-order valence-corrected chi connectivity index (χ0v) is 16.4. The molecule has 0 atom stereocenters. The molecule has 0 radical (unpaired) electrons. The average Bonchev–Trinajstić information content (AvgIpc) is 2.73. The maximum absolute atomic E-state index is 13.1. The number of rotatable bonds is 6. The number of urea groups is 1. The third-order valence-corrected chi connectivity index (χ3v) is 5.18. The number of carbonyl (C=O) groups is 1. The Labute approximate surface area is 173 Å². The minimum absolute atomic E-state index is 0.0249. The fourth-order valence-electron chi connectivity index (χ4n) is 3.57. The Hall–Kier alpha value is -2.58. The van der Waals surface area contributed by atoms with Crippen LogP contribution in [0.25, 0.3) is 0 Å². The third kappa shape index (κ3) is 6.21. The molecule has 8 heteroatoms. The topological polar surface area (TPSA) is 70.6 Å². The van der Waals surface area contributed by atoms with Crippen LogP contribution in [-0.2, 0) is 24.1 Å². The second-order valence-electron chi connectivity index (χ2n) is 7.40. The molecule has 0 unspecified atom stereocenters. The third-order valence-electron chi connectivity index (χ3n) is 5.18. The molecule has 0 spiro atoms. The smallest absolute Gasteiger partial charge is 0.392 e. The summed E-state index contributed by atoms with van der Waals surface area (Å²) >= 11 is 0. The van der Waals surface area contributed by atoms with Crippen LogP contribution in [-0.4, -0.2) is 23.3 Å². The van der Waals surface area contributed by atoms with Crippen molar-refractivity contribution in [1.82, 2.24) is 5.32 Å². The van der Waals surface area contributed by atoms with Crippen LogP contribution in [0.3, 0.4) is 0 Å². The van der Waals surface area contributed by atoms with E-state index < -0.39 is 24.4 Å². The van der Waals surface area contributed by atoms with E-state index in [0.29, 0.717) is 6.61 Å². The number of anilines is 1. The lowest BCUT2D eigenvalue weighted by atomic mass is 9.93. The van der Waals surface area contributed by atoms with Crippen molar-refractivity contribution in [3.8, 4) is 0 Å². The normalized spacial score (nSPS) is 19.3. The first-order valence-corrected chi connectivity index (χ1v) is 9.89. The van der Waals surface area contributed by atoms with Gasteiger partial charge in [-0.15, -0.1) is 0 Å². The molecule has 1 fully saturated rings. The molecule has 0 bridgehead atoms. The summed E-state index contributed by atoms with van der Waals surface area (Å²) in [5.74, 6) is 0. The van der Waals surface area contributed by atoms with Gasteiger partial charge in [-0.05, 0) is 48.9 Å². The molecule has 2 amide bonds. The van der Waals surface area contributed by atoms with Crippen LogP contribution in [0.15, 0.2) is 48.5 Å². The van der Waals surface area contributed by atoms with Crippen LogP contribution < -0.4 is 10.6 Å². The number of alkyl halides is 3. The Morgan fingerprint density at radius 2 is 1.77 bits per heavy atom. The van der Waals surface area contributed by atoms with Crippen molar-refractivity contribution >= 4 is 11.7 Å². The predicted molar refractivity (Wildman–Crippen MR) is 107 cm³/mol. The standard InChI is InChI=1S/C22H25F3N2O3/c23-22(24,25)20-12-18(7-6-16(20)13-28)27-21(29)26-17-8-10-19(11-9-17)30-14-15-4-2-1-3-5-15/h1-7,12,17,19,28H,8-11,13-14H2,(H2,26,27,29). The van der Waals surface area contributed by atoms with Gasteiger partial charge >= 0.3 is 12.2 Å². The SMILES string of the molecule is O=C(Nc1ccc(CO)c(C(F)(F)F)c1)NC1CCC(OCc2ccccc2)CC1. The minimum atomic E-state index is -4.61. The van der Waals surface area contributed by atoms with Crippen molar-refractivity contribution in [2.24, 2.45) is 0 Å². The van der Waals surface area contributed by atoms with E-state index in [9.17, 15) is 18.0 Å². The quantitative estimate of drug-likeness (QED) is 0.624. The lowest BCUT2D eigenvalue weighted by Gasteiger charge is -2.29. The van der Waals surface area contributed by atoms with Gasteiger partial charge in [0.25, 0.3) is 0 Å². The summed E-state index contributed by atoms with van der Waals surface area (Å²) in [6.45, 7) is -0.174. The van der Waals surface area contributed by atoms with Crippen LogP contribution in [0.2, 0.25) is 0 Å². The van der Waals surface area contributed by atoms with E-state index in [4.69, 9.17) is 9.84 Å². The number of ether oxygens (including phenoxy) is 1. The fraction of sp³-hybridized carbons (Fsp3) is 0.409. The molecule has 1 aliphatic carbocycles. The number of amides is 2. The predicted octanol–water partition coefficient (Wildman–Crippen LogP) is 4.85. The molecular formula is C22H25F3N2O3. The molecule has 0 heterocycles. The summed E-state index contributed by atoms with van der Waals surface area (Å²) in [4.78, 5) is 12.2. The second-order valence-corrected chi connectivity index (χ2v) is 7.40. The summed E-state index contributed by atoms with van der Waals surface area (Å²) in [6, 6.07) is 12.6. The van der Waals surface area contributed by atoms with Gasteiger partial charge in [-0.2, -0.15) is 13.2 Å². The van der Waals surface area contributed by atoms with E-state index in [1.807, 2.05) is 30.3 Å². The van der Waals surface area contributed by atoms with Crippen molar-refractivity contribution in [1.29, 1.82) is 0 Å². The van der Waals surface area contributed by atoms with E-state index in [1.54, 1.807) is 0 Å². The Morgan fingerprint density at radius 3 is 2.40 bits per heavy atom. The highest BCUT2D eigenvalue weighted by atomic mass is 19.4. The molecule has 3 N–H and O–H groups in total. The van der Waals surface area contributed by atoms with Gasteiger partial charge in [0.15, 0.2) is 0 Å². The molecule has 162 valence electrons. The van der Waals surface area contributed by atoms with Crippen molar-refractivity contribution < 1.29 is 27.8 Å². The van der Waals surface area contributed by atoms with Crippen LogP contribution in [0, 0.1) is 0 Å². The van der Waals surface area contributed by atoms with E-state index in [-0.39, 0.29) is 23.4 Å². The van der Waals surface area contributed by atoms with Gasteiger partial charge in [0.1, 0.15) is 0 Å². The molecule has 2 aromatic carbocycles. The summed E-state index contributed by atoms with van der Waals surface area (Å²) < 4.78 is 45.2. The Kier molecular flexibility index (Phi) is 7.33. The average molecular weight is 422 g/mol. The zero-order chi connectivity index (χ0) is 21.6. The van der Waals surface area contributed by atoms with Gasteiger partial charge in [-0.3, -0.25) is 0 Å². The first-order chi connectivity index (χ1) is 14.3. The number of hydrogen-bond acceptors (Lipinski definition) is 3. The highest BCUT2D eigenvalue weighted by molar-refractivity contribution is 5.89. The second kappa shape index (κ2) is 9.95. The van der Waals surface area contributed by atoms with Gasteiger partial charge < -0.3 is 20.5 Å². The Bertz CT molecular complexity index is 835. The first kappa shape index (κ1) is 22.1. The van der Waals surface area contributed by atoms with E-state index >= 15 is 0 Å². The van der Waals surface area contributed by atoms with Crippen molar-refractivity contribution in [2.45, 2.75) is 57.2 Å². The molecule has 30 heavy (non-hydrogen) atoms. The van der Waals surface area contributed by atoms with Gasteiger partial charge in [0.2, 0.25) is 0 Å². The summed E-state index contributed by atoms with van der Waals surface area (Å²) in [5, 5.41) is 14.3. The number of benzene rings is 2. The molecule has 0 aromatic heterocycles. The Morgan fingerprint density at radius 1 is 1.07 bits per heavy atom.